The first kappa shape index (κ1) is 25.1. The van der Waals surface area contributed by atoms with Crippen LogP contribution in [0.3, 0.4) is 0 Å². The van der Waals surface area contributed by atoms with Crippen LogP contribution in [-0.4, -0.2) is 63.1 Å². The Hall–Kier alpha value is -4.54. The lowest BCUT2D eigenvalue weighted by Gasteiger charge is -2.13. The second-order valence-corrected chi connectivity index (χ2v) is 9.68. The molecule has 3 heterocycles. The van der Waals surface area contributed by atoms with Crippen LogP contribution in [0.1, 0.15) is 10.5 Å². The van der Waals surface area contributed by atoms with E-state index in [9.17, 15) is 4.79 Å². The Labute approximate surface area is 224 Å². The molecule has 0 aliphatic rings. The number of rotatable bonds is 9. The van der Waals surface area contributed by atoms with Crippen LogP contribution in [0.25, 0.3) is 32.5 Å². The van der Waals surface area contributed by atoms with Crippen LogP contribution in [-0.2, 0) is 0 Å². The summed E-state index contributed by atoms with van der Waals surface area (Å²) in [6, 6.07) is 22.6. The molecular formula is C28H26N8OS. The third-order valence-electron chi connectivity index (χ3n) is 5.61. The summed E-state index contributed by atoms with van der Waals surface area (Å²) >= 11 is 1.45. The number of anilines is 2. The number of aromatic nitrogens is 5. The number of carbonyl (C=O) groups excluding carboxylic acids is 1. The van der Waals surface area contributed by atoms with Crippen LogP contribution in [0.5, 0.6) is 0 Å². The fourth-order valence-electron chi connectivity index (χ4n) is 3.69. The van der Waals surface area contributed by atoms with Gasteiger partial charge in [-0.2, -0.15) is 0 Å². The molecule has 38 heavy (non-hydrogen) atoms. The summed E-state index contributed by atoms with van der Waals surface area (Å²) in [5.74, 6) is 0.724. The van der Waals surface area contributed by atoms with Crippen molar-refractivity contribution >= 4 is 28.7 Å². The zero-order valence-corrected chi connectivity index (χ0v) is 21.8. The largest absolute Gasteiger partial charge is 0.369 e. The number of para-hydroxylation sites is 1. The molecule has 0 saturated carbocycles. The SMILES string of the molecule is CN(C)CCNc1cc(C(=O)Nc2ccccc2-c2nnc(-c3ccncc3)s2)nc(-c2ccccc2)n1. The summed E-state index contributed by atoms with van der Waals surface area (Å²) in [4.78, 5) is 28.8. The van der Waals surface area contributed by atoms with Crippen molar-refractivity contribution in [1.82, 2.24) is 30.0 Å². The van der Waals surface area contributed by atoms with Gasteiger partial charge in [0.05, 0.1) is 5.69 Å². The van der Waals surface area contributed by atoms with E-state index in [0.29, 0.717) is 28.9 Å². The van der Waals surface area contributed by atoms with Gasteiger partial charge in [-0.25, -0.2) is 9.97 Å². The Morgan fingerprint density at radius 1 is 0.868 bits per heavy atom. The molecule has 2 N–H and O–H groups in total. The molecule has 3 aromatic heterocycles. The molecule has 1 amide bonds. The predicted octanol–water partition coefficient (Wildman–Crippen LogP) is 4.95. The summed E-state index contributed by atoms with van der Waals surface area (Å²) in [6.45, 7) is 1.50. The average Bonchev–Trinajstić information content (AvgIpc) is 3.44. The van der Waals surface area contributed by atoms with Crippen molar-refractivity contribution in [2.24, 2.45) is 0 Å². The fourth-order valence-corrected chi connectivity index (χ4v) is 4.57. The van der Waals surface area contributed by atoms with Crippen LogP contribution in [0.4, 0.5) is 11.5 Å². The first-order valence-electron chi connectivity index (χ1n) is 12.0. The highest BCUT2D eigenvalue weighted by atomic mass is 32.1. The van der Waals surface area contributed by atoms with E-state index in [1.165, 1.54) is 11.3 Å². The van der Waals surface area contributed by atoms with Crippen LogP contribution in [0.2, 0.25) is 0 Å². The standard InChI is InChI=1S/C28H26N8OS/c1-36(2)17-16-30-24-18-23(31-25(33-24)19-8-4-3-5-9-19)26(37)32-22-11-7-6-10-21(22)28-35-34-27(38-28)20-12-14-29-15-13-20/h3-15,18H,16-17H2,1-2H3,(H,32,37)(H,30,31,33). The maximum absolute atomic E-state index is 13.5. The summed E-state index contributed by atoms with van der Waals surface area (Å²) in [5.41, 5.74) is 3.43. The molecule has 0 spiro atoms. The van der Waals surface area contributed by atoms with Crippen LogP contribution >= 0.6 is 11.3 Å². The van der Waals surface area contributed by atoms with Gasteiger partial charge >= 0.3 is 0 Å². The number of nitrogens with one attached hydrogen (secondary N) is 2. The van der Waals surface area contributed by atoms with Crippen molar-refractivity contribution in [3.63, 3.8) is 0 Å². The molecule has 0 unspecified atom stereocenters. The van der Waals surface area contributed by atoms with E-state index in [4.69, 9.17) is 0 Å². The van der Waals surface area contributed by atoms with Gasteiger partial charge in [-0.15, -0.1) is 10.2 Å². The highest BCUT2D eigenvalue weighted by Crippen LogP contribution is 2.34. The molecule has 5 aromatic rings. The van der Waals surface area contributed by atoms with Gasteiger partial charge in [-0.1, -0.05) is 53.8 Å². The molecular weight excluding hydrogens is 496 g/mol. The van der Waals surface area contributed by atoms with Crippen molar-refractivity contribution in [1.29, 1.82) is 0 Å². The predicted molar refractivity (Wildman–Crippen MR) is 151 cm³/mol. The number of pyridine rings is 1. The third-order valence-corrected chi connectivity index (χ3v) is 6.62. The van der Waals surface area contributed by atoms with Gasteiger partial charge in [-0.3, -0.25) is 9.78 Å². The highest BCUT2D eigenvalue weighted by Gasteiger charge is 2.17. The number of hydrogen-bond acceptors (Lipinski definition) is 9. The van der Waals surface area contributed by atoms with Gasteiger partial charge in [0.1, 0.15) is 21.5 Å². The number of hydrogen-bond donors (Lipinski definition) is 2. The maximum atomic E-state index is 13.5. The van der Waals surface area contributed by atoms with Crippen molar-refractivity contribution < 1.29 is 4.79 Å². The zero-order valence-electron chi connectivity index (χ0n) is 21.0. The van der Waals surface area contributed by atoms with Gasteiger partial charge in [0, 0.05) is 48.2 Å². The molecule has 0 fully saturated rings. The summed E-state index contributed by atoms with van der Waals surface area (Å²) in [6.07, 6.45) is 3.44. The molecule has 0 saturated heterocycles. The molecule has 0 aliphatic carbocycles. The summed E-state index contributed by atoms with van der Waals surface area (Å²) in [5, 5.41) is 16.5. The Kier molecular flexibility index (Phi) is 7.72. The number of benzene rings is 2. The molecule has 190 valence electrons. The molecule has 9 nitrogen and oxygen atoms in total. The molecule has 0 radical (unpaired) electrons. The fraction of sp³-hybridized carbons (Fsp3) is 0.143. The molecule has 2 aromatic carbocycles. The minimum absolute atomic E-state index is 0.260. The van der Waals surface area contributed by atoms with Gasteiger partial charge in [0.25, 0.3) is 5.91 Å². The number of likely N-dealkylation sites (N-methyl/N-ethyl adjacent to an activating group) is 1. The quantitative estimate of drug-likeness (QED) is 0.280. The lowest BCUT2D eigenvalue weighted by molar-refractivity contribution is 0.102. The van der Waals surface area contributed by atoms with Gasteiger partial charge < -0.3 is 15.5 Å². The third kappa shape index (κ3) is 6.05. The van der Waals surface area contributed by atoms with E-state index >= 15 is 0 Å². The molecule has 0 atom stereocenters. The van der Waals surface area contributed by atoms with Gasteiger partial charge in [-0.05, 0) is 38.4 Å². The van der Waals surface area contributed by atoms with E-state index in [2.05, 4.69) is 40.7 Å². The van der Waals surface area contributed by atoms with E-state index in [1.807, 2.05) is 80.8 Å². The highest BCUT2D eigenvalue weighted by molar-refractivity contribution is 7.18. The Morgan fingerprint density at radius 3 is 2.39 bits per heavy atom. The second kappa shape index (κ2) is 11.7. The molecule has 0 aliphatic heterocycles. The number of nitrogens with zero attached hydrogens (tertiary/aromatic N) is 6. The second-order valence-electron chi connectivity index (χ2n) is 8.71. The smallest absolute Gasteiger partial charge is 0.274 e. The normalized spacial score (nSPS) is 10.9. The Morgan fingerprint density at radius 2 is 1.61 bits per heavy atom. The minimum atomic E-state index is -0.341. The van der Waals surface area contributed by atoms with E-state index in [1.54, 1.807) is 18.5 Å². The summed E-state index contributed by atoms with van der Waals surface area (Å²) < 4.78 is 0. The van der Waals surface area contributed by atoms with Crippen LogP contribution < -0.4 is 10.6 Å². The van der Waals surface area contributed by atoms with Crippen molar-refractivity contribution in [2.45, 2.75) is 0 Å². The van der Waals surface area contributed by atoms with E-state index < -0.39 is 0 Å². The number of carbonyl (C=O) groups is 1. The first-order chi connectivity index (χ1) is 18.6. The Bertz CT molecular complexity index is 1520. The molecule has 5 rings (SSSR count). The lowest BCUT2D eigenvalue weighted by atomic mass is 10.1. The Balaban J connectivity index is 1.43. The molecule has 0 bridgehead atoms. The van der Waals surface area contributed by atoms with Crippen LogP contribution in [0.15, 0.2) is 85.2 Å². The van der Waals surface area contributed by atoms with Crippen molar-refractivity contribution in [3.8, 4) is 32.5 Å². The summed E-state index contributed by atoms with van der Waals surface area (Å²) in [7, 11) is 4.01. The van der Waals surface area contributed by atoms with Crippen molar-refractivity contribution in [3.05, 3.63) is 90.9 Å². The first-order valence-corrected chi connectivity index (χ1v) is 12.9. The topological polar surface area (TPSA) is 109 Å². The minimum Gasteiger partial charge on any atom is -0.369 e. The van der Waals surface area contributed by atoms with E-state index in [0.717, 1.165) is 28.2 Å². The maximum Gasteiger partial charge on any atom is 0.274 e. The number of amides is 1. The van der Waals surface area contributed by atoms with Gasteiger partial charge in [0.15, 0.2) is 5.82 Å². The van der Waals surface area contributed by atoms with E-state index in [-0.39, 0.29) is 11.6 Å². The molecule has 10 heteroatoms. The monoisotopic (exact) mass is 522 g/mol. The van der Waals surface area contributed by atoms with Gasteiger partial charge in [0.2, 0.25) is 0 Å². The zero-order chi connectivity index (χ0) is 26.3. The lowest BCUT2D eigenvalue weighted by Crippen LogP contribution is -2.22. The van der Waals surface area contributed by atoms with Crippen LogP contribution in [0, 0.1) is 0 Å². The average molecular weight is 523 g/mol. The van der Waals surface area contributed by atoms with Crippen molar-refractivity contribution in [2.75, 3.05) is 37.8 Å².